The largest absolute Gasteiger partial charge is 0.481 e. The molecule has 1 saturated heterocycles. The second kappa shape index (κ2) is 8.29. The number of aromatic nitrogens is 2. The minimum absolute atomic E-state index is 0.234. The van der Waals surface area contributed by atoms with Crippen molar-refractivity contribution in [2.45, 2.75) is 33.1 Å². The molecule has 1 aliphatic rings. The maximum atomic E-state index is 11.0. The molecule has 1 aliphatic heterocycles. The normalized spacial score (nSPS) is 15.2. The fourth-order valence-electron chi connectivity index (χ4n) is 4.27. The summed E-state index contributed by atoms with van der Waals surface area (Å²) in [6.45, 7) is 5.69. The molecule has 158 valence electrons. The van der Waals surface area contributed by atoms with Crippen LogP contribution in [-0.4, -0.2) is 33.7 Å². The van der Waals surface area contributed by atoms with Crippen LogP contribution in [0.1, 0.15) is 30.5 Å². The van der Waals surface area contributed by atoms with Gasteiger partial charge in [-0.05, 0) is 56.4 Å². The molecular formula is C22H22Cl3N3O2. The highest BCUT2D eigenvalue weighted by molar-refractivity contribution is 6.48. The highest BCUT2D eigenvalue weighted by Crippen LogP contribution is 2.39. The first-order valence-electron chi connectivity index (χ1n) is 9.86. The van der Waals surface area contributed by atoms with Gasteiger partial charge in [0.25, 0.3) is 0 Å². The first-order chi connectivity index (χ1) is 14.3. The fourth-order valence-corrected chi connectivity index (χ4v) is 4.89. The lowest BCUT2D eigenvalue weighted by molar-refractivity contribution is -0.138. The van der Waals surface area contributed by atoms with E-state index in [9.17, 15) is 4.79 Å². The zero-order valence-corrected chi connectivity index (χ0v) is 19.0. The summed E-state index contributed by atoms with van der Waals surface area (Å²) in [6.07, 6.45) is 3.99. The molecule has 0 spiro atoms. The lowest BCUT2D eigenvalue weighted by Crippen LogP contribution is -2.34. The van der Waals surface area contributed by atoms with Crippen LogP contribution in [0.15, 0.2) is 24.4 Å². The predicted molar refractivity (Wildman–Crippen MR) is 123 cm³/mol. The summed E-state index contributed by atoms with van der Waals surface area (Å²) in [5.41, 5.74) is 4.66. The zero-order valence-electron chi connectivity index (χ0n) is 16.8. The van der Waals surface area contributed by atoms with Gasteiger partial charge in [-0.15, -0.1) is 0 Å². The molecule has 5 nitrogen and oxygen atoms in total. The van der Waals surface area contributed by atoms with E-state index in [-0.39, 0.29) is 12.3 Å². The summed E-state index contributed by atoms with van der Waals surface area (Å²) in [7, 11) is 0. The Morgan fingerprint density at radius 3 is 2.50 bits per heavy atom. The number of anilines is 1. The molecule has 0 radical (unpaired) electrons. The first-order valence-corrected chi connectivity index (χ1v) is 11.0. The summed E-state index contributed by atoms with van der Waals surface area (Å²) in [6, 6.07) is 5.68. The number of carbonyl (C=O) groups is 1. The quantitative estimate of drug-likeness (QED) is 0.459. The molecule has 0 bridgehead atoms. The third-order valence-corrected chi connectivity index (χ3v) is 7.03. The van der Waals surface area contributed by atoms with E-state index < -0.39 is 5.97 Å². The van der Waals surface area contributed by atoms with Gasteiger partial charge in [-0.3, -0.25) is 9.36 Å². The molecule has 0 unspecified atom stereocenters. The molecule has 0 saturated carbocycles. The minimum Gasteiger partial charge on any atom is -0.481 e. The van der Waals surface area contributed by atoms with E-state index in [0.29, 0.717) is 15.1 Å². The number of aliphatic carboxylic acids is 1. The molecule has 1 aromatic carbocycles. The van der Waals surface area contributed by atoms with Crippen LogP contribution < -0.4 is 4.90 Å². The number of carboxylic acids is 1. The highest BCUT2D eigenvalue weighted by Gasteiger charge is 2.25. The molecule has 4 rings (SSSR count). The predicted octanol–water partition coefficient (Wildman–Crippen LogP) is 6.29. The molecule has 30 heavy (non-hydrogen) atoms. The molecule has 1 fully saturated rings. The summed E-state index contributed by atoms with van der Waals surface area (Å²) in [4.78, 5) is 18.2. The monoisotopic (exact) mass is 465 g/mol. The molecule has 3 aromatic rings. The molecule has 0 atom stereocenters. The van der Waals surface area contributed by atoms with Gasteiger partial charge < -0.3 is 10.0 Å². The Morgan fingerprint density at radius 2 is 1.83 bits per heavy atom. The number of nitrogens with zero attached hydrogens (tertiary/aromatic N) is 3. The average molecular weight is 467 g/mol. The maximum Gasteiger partial charge on any atom is 0.303 e. The van der Waals surface area contributed by atoms with Gasteiger partial charge >= 0.3 is 5.97 Å². The highest BCUT2D eigenvalue weighted by atomic mass is 35.5. The third-order valence-electron chi connectivity index (χ3n) is 5.75. The number of benzene rings is 1. The Balaban J connectivity index is 1.78. The number of aryl methyl sites for hydroxylation is 2. The van der Waals surface area contributed by atoms with Gasteiger partial charge in [-0.25, -0.2) is 4.98 Å². The standard InChI is InChI=1S/C22H22Cl3N3O2/c1-12-11-28(16-4-3-15(23)20(24)21(16)25)22-19(12)17(9-13(2)26-22)27-7-5-14(6-8-27)10-18(29)30/h3-4,9,11,14H,5-8,10H2,1-2H3,(H,29,30). The van der Waals surface area contributed by atoms with Crippen LogP contribution in [-0.2, 0) is 4.79 Å². The van der Waals surface area contributed by atoms with Gasteiger partial charge in [0.15, 0.2) is 0 Å². The molecule has 2 aromatic heterocycles. The fraction of sp³-hybridized carbons (Fsp3) is 0.364. The molecule has 0 aliphatic carbocycles. The second-order valence-corrected chi connectivity index (χ2v) is 9.05. The van der Waals surface area contributed by atoms with Gasteiger partial charge in [0.1, 0.15) is 5.65 Å². The van der Waals surface area contributed by atoms with E-state index in [4.69, 9.17) is 44.9 Å². The van der Waals surface area contributed by atoms with Gasteiger partial charge in [0.05, 0.1) is 20.8 Å². The Labute approximate surface area is 190 Å². The zero-order chi connectivity index (χ0) is 21.6. The summed E-state index contributed by atoms with van der Waals surface area (Å²) >= 11 is 18.9. The number of hydrogen-bond acceptors (Lipinski definition) is 3. The van der Waals surface area contributed by atoms with Crippen LogP contribution in [0, 0.1) is 19.8 Å². The minimum atomic E-state index is -0.720. The second-order valence-electron chi connectivity index (χ2n) is 7.89. The summed E-state index contributed by atoms with van der Waals surface area (Å²) < 4.78 is 1.96. The number of fused-ring (bicyclic) bond motifs is 1. The van der Waals surface area contributed by atoms with Crippen molar-refractivity contribution in [2.24, 2.45) is 5.92 Å². The van der Waals surface area contributed by atoms with E-state index in [1.54, 1.807) is 6.07 Å². The lowest BCUT2D eigenvalue weighted by atomic mass is 9.93. The van der Waals surface area contributed by atoms with Crippen molar-refractivity contribution in [2.75, 3.05) is 18.0 Å². The number of halogens is 3. The van der Waals surface area contributed by atoms with Crippen LogP contribution in [0.3, 0.4) is 0 Å². The molecule has 1 N–H and O–H groups in total. The SMILES string of the molecule is Cc1cc(N2CCC(CC(=O)O)CC2)c2c(C)cn(-c3ccc(Cl)c(Cl)c3Cl)c2n1. The number of pyridine rings is 1. The van der Waals surface area contributed by atoms with Crippen molar-refractivity contribution in [3.63, 3.8) is 0 Å². The number of rotatable bonds is 4. The van der Waals surface area contributed by atoms with E-state index in [0.717, 1.165) is 59.6 Å². The van der Waals surface area contributed by atoms with Crippen molar-refractivity contribution >= 4 is 57.5 Å². The van der Waals surface area contributed by atoms with Gasteiger partial charge in [0.2, 0.25) is 0 Å². The topological polar surface area (TPSA) is 58.4 Å². The number of piperidine rings is 1. The van der Waals surface area contributed by atoms with Crippen molar-refractivity contribution in [3.8, 4) is 5.69 Å². The van der Waals surface area contributed by atoms with E-state index in [1.807, 2.05) is 23.8 Å². The van der Waals surface area contributed by atoms with Crippen molar-refractivity contribution < 1.29 is 9.90 Å². The Kier molecular flexibility index (Phi) is 5.88. The van der Waals surface area contributed by atoms with Crippen LogP contribution in [0.25, 0.3) is 16.7 Å². The molecule has 8 heteroatoms. The average Bonchev–Trinajstić information content (AvgIpc) is 3.02. The van der Waals surface area contributed by atoms with Crippen molar-refractivity contribution in [3.05, 3.63) is 50.7 Å². The van der Waals surface area contributed by atoms with E-state index in [2.05, 4.69) is 17.9 Å². The Hall–Kier alpha value is -1.95. The van der Waals surface area contributed by atoms with Crippen LogP contribution in [0.2, 0.25) is 15.1 Å². The Morgan fingerprint density at radius 1 is 1.13 bits per heavy atom. The molecular weight excluding hydrogens is 445 g/mol. The summed E-state index contributed by atoms with van der Waals surface area (Å²) in [5.74, 6) is -0.486. The smallest absolute Gasteiger partial charge is 0.303 e. The van der Waals surface area contributed by atoms with Gasteiger partial charge in [-0.1, -0.05) is 34.8 Å². The number of carboxylic acid groups (broad SMARTS) is 1. The van der Waals surface area contributed by atoms with Crippen LogP contribution in [0.5, 0.6) is 0 Å². The molecule has 3 heterocycles. The lowest BCUT2D eigenvalue weighted by Gasteiger charge is -2.33. The van der Waals surface area contributed by atoms with E-state index in [1.165, 1.54) is 0 Å². The number of hydrogen-bond donors (Lipinski definition) is 1. The molecule has 0 amide bonds. The summed E-state index contributed by atoms with van der Waals surface area (Å²) in [5, 5.41) is 11.3. The van der Waals surface area contributed by atoms with Gasteiger partial charge in [-0.2, -0.15) is 0 Å². The van der Waals surface area contributed by atoms with E-state index >= 15 is 0 Å². The van der Waals surface area contributed by atoms with Gasteiger partial charge in [0, 0.05) is 42.5 Å². The van der Waals surface area contributed by atoms with Crippen molar-refractivity contribution in [1.82, 2.24) is 9.55 Å². The van der Waals surface area contributed by atoms with Crippen LogP contribution in [0.4, 0.5) is 5.69 Å². The Bertz CT molecular complexity index is 1130. The maximum absolute atomic E-state index is 11.0. The first kappa shape index (κ1) is 21.3. The van der Waals surface area contributed by atoms with Crippen molar-refractivity contribution in [1.29, 1.82) is 0 Å². The third kappa shape index (κ3) is 3.86. The van der Waals surface area contributed by atoms with Crippen LogP contribution >= 0.6 is 34.8 Å².